The summed E-state index contributed by atoms with van der Waals surface area (Å²) in [5.74, 6) is 0. The summed E-state index contributed by atoms with van der Waals surface area (Å²) < 4.78 is 1.000. The average molecular weight is 283 g/mol. The Hall–Kier alpha value is -1.49. The second kappa shape index (κ2) is 6.17. The molecular weight excluding hydrogens is 272 g/mol. The second-order valence-corrected chi connectivity index (χ2v) is 4.42. The minimum atomic E-state index is -0.413. The molecule has 0 spiro atoms. The van der Waals surface area contributed by atoms with Gasteiger partial charge in [-0.05, 0) is 23.0 Å². The first-order chi connectivity index (χ1) is 7.59. The maximum Gasteiger partial charge on any atom is 0.269 e. The van der Waals surface area contributed by atoms with Gasteiger partial charge in [-0.1, -0.05) is 28.1 Å². The zero-order valence-electron chi connectivity index (χ0n) is 8.76. The van der Waals surface area contributed by atoms with Gasteiger partial charge in [-0.3, -0.25) is 15.1 Å². The van der Waals surface area contributed by atoms with Gasteiger partial charge in [0.1, 0.15) is 0 Å². The second-order valence-electron chi connectivity index (χ2n) is 3.17. The van der Waals surface area contributed by atoms with Crippen molar-refractivity contribution in [2.24, 2.45) is 4.99 Å². The molecule has 0 saturated carbocycles. The summed E-state index contributed by atoms with van der Waals surface area (Å²) in [6.07, 6.45) is 3.54. The van der Waals surface area contributed by atoms with Gasteiger partial charge in [-0.2, -0.15) is 0 Å². The van der Waals surface area contributed by atoms with Gasteiger partial charge in [0.2, 0.25) is 0 Å². The van der Waals surface area contributed by atoms with Gasteiger partial charge >= 0.3 is 0 Å². The predicted octanol–water partition coefficient (Wildman–Crippen LogP) is 3.46. The van der Waals surface area contributed by atoms with Crippen LogP contribution in [0.2, 0.25) is 0 Å². The molecular formula is C11H11BrN2O2. The highest BCUT2D eigenvalue weighted by Crippen LogP contribution is 2.12. The summed E-state index contributed by atoms with van der Waals surface area (Å²) in [4.78, 5) is 14.2. The van der Waals surface area contributed by atoms with Crippen LogP contribution in [0, 0.1) is 10.1 Å². The smallest absolute Gasteiger partial charge is 0.269 e. The minimum Gasteiger partial charge on any atom is -0.288 e. The minimum absolute atomic E-state index is 0.101. The lowest BCUT2D eigenvalue weighted by Crippen LogP contribution is -1.88. The molecule has 0 heterocycles. The molecule has 1 rings (SSSR count). The number of hydrogen-bond donors (Lipinski definition) is 0. The number of hydrogen-bond acceptors (Lipinski definition) is 3. The number of non-ortho nitro benzene ring substituents is 1. The molecule has 1 aromatic carbocycles. The first kappa shape index (κ1) is 12.6. The average Bonchev–Trinajstić information content (AvgIpc) is 2.25. The quantitative estimate of drug-likeness (QED) is 0.482. The van der Waals surface area contributed by atoms with Crippen LogP contribution in [0.4, 0.5) is 5.69 Å². The Morgan fingerprint density at radius 1 is 1.50 bits per heavy atom. The zero-order valence-corrected chi connectivity index (χ0v) is 10.3. The van der Waals surface area contributed by atoms with Crippen molar-refractivity contribution in [3.63, 3.8) is 0 Å². The van der Waals surface area contributed by atoms with Gasteiger partial charge in [0.05, 0.1) is 11.5 Å². The summed E-state index contributed by atoms with van der Waals surface area (Å²) in [5, 5.41) is 10.4. The van der Waals surface area contributed by atoms with Crippen LogP contribution >= 0.6 is 15.9 Å². The zero-order chi connectivity index (χ0) is 12.0. The van der Waals surface area contributed by atoms with E-state index in [1.807, 2.05) is 13.0 Å². The summed E-state index contributed by atoms with van der Waals surface area (Å²) in [6.45, 7) is 2.44. The fourth-order valence-electron chi connectivity index (χ4n) is 1.04. The van der Waals surface area contributed by atoms with E-state index in [1.165, 1.54) is 12.1 Å². The third-order valence-corrected chi connectivity index (χ3v) is 2.09. The van der Waals surface area contributed by atoms with Gasteiger partial charge in [-0.25, -0.2) is 0 Å². The van der Waals surface area contributed by atoms with E-state index in [4.69, 9.17) is 0 Å². The SMILES string of the molecule is C/C(Br)=C\C=NCc1ccc([N+](=O)[O-])cc1. The lowest BCUT2D eigenvalue weighted by atomic mass is 10.2. The van der Waals surface area contributed by atoms with Crippen molar-refractivity contribution < 1.29 is 4.92 Å². The van der Waals surface area contributed by atoms with Crippen LogP contribution in [0.1, 0.15) is 12.5 Å². The van der Waals surface area contributed by atoms with Crippen molar-refractivity contribution in [2.45, 2.75) is 13.5 Å². The number of nitro benzene ring substituents is 1. The Bertz CT molecular complexity index is 420. The van der Waals surface area contributed by atoms with Crippen molar-refractivity contribution in [1.29, 1.82) is 0 Å². The Morgan fingerprint density at radius 2 is 2.12 bits per heavy atom. The lowest BCUT2D eigenvalue weighted by molar-refractivity contribution is -0.384. The number of nitrogens with zero attached hydrogens (tertiary/aromatic N) is 2. The highest BCUT2D eigenvalue weighted by Gasteiger charge is 2.02. The van der Waals surface area contributed by atoms with E-state index >= 15 is 0 Å². The molecule has 5 heteroatoms. The molecule has 0 radical (unpaired) electrons. The topological polar surface area (TPSA) is 55.5 Å². The monoisotopic (exact) mass is 282 g/mol. The van der Waals surface area contributed by atoms with E-state index in [1.54, 1.807) is 18.3 Å². The Kier molecular flexibility index (Phi) is 4.85. The molecule has 16 heavy (non-hydrogen) atoms. The van der Waals surface area contributed by atoms with Crippen LogP contribution in [0.15, 0.2) is 39.8 Å². The van der Waals surface area contributed by atoms with Crippen molar-refractivity contribution in [3.05, 3.63) is 50.5 Å². The summed E-state index contributed by atoms with van der Waals surface area (Å²) in [6, 6.07) is 6.38. The van der Waals surface area contributed by atoms with E-state index in [2.05, 4.69) is 20.9 Å². The van der Waals surface area contributed by atoms with E-state index in [-0.39, 0.29) is 5.69 Å². The van der Waals surface area contributed by atoms with Crippen molar-refractivity contribution >= 4 is 27.8 Å². The highest BCUT2D eigenvalue weighted by atomic mass is 79.9. The van der Waals surface area contributed by atoms with Crippen molar-refractivity contribution in [2.75, 3.05) is 0 Å². The lowest BCUT2D eigenvalue weighted by Gasteiger charge is -1.95. The van der Waals surface area contributed by atoms with E-state index in [0.29, 0.717) is 6.54 Å². The standard InChI is InChI=1S/C11H11BrN2O2/c1-9(12)6-7-13-8-10-2-4-11(5-3-10)14(15)16/h2-7H,8H2,1H3/b9-6+,13-7?. The molecule has 0 aromatic heterocycles. The van der Waals surface area contributed by atoms with Gasteiger partial charge in [0, 0.05) is 18.3 Å². The van der Waals surface area contributed by atoms with Crippen molar-refractivity contribution in [3.8, 4) is 0 Å². The van der Waals surface area contributed by atoms with Crippen LogP contribution in [0.3, 0.4) is 0 Å². The number of rotatable bonds is 4. The Labute approximate surface area is 102 Å². The van der Waals surface area contributed by atoms with Crippen LogP contribution in [0.25, 0.3) is 0 Å². The molecule has 0 saturated heterocycles. The van der Waals surface area contributed by atoms with E-state index in [0.717, 1.165) is 10.0 Å². The fourth-order valence-corrected chi connectivity index (χ4v) is 1.15. The maximum atomic E-state index is 10.4. The van der Waals surface area contributed by atoms with Gasteiger partial charge in [0.15, 0.2) is 0 Å². The summed E-state index contributed by atoms with van der Waals surface area (Å²) >= 11 is 3.28. The molecule has 4 nitrogen and oxygen atoms in total. The third-order valence-electron chi connectivity index (χ3n) is 1.83. The fraction of sp³-hybridized carbons (Fsp3) is 0.182. The largest absolute Gasteiger partial charge is 0.288 e. The highest BCUT2D eigenvalue weighted by molar-refractivity contribution is 9.11. The number of aliphatic imine (C=N–C) groups is 1. The molecule has 0 unspecified atom stereocenters. The number of benzene rings is 1. The molecule has 0 aliphatic rings. The van der Waals surface area contributed by atoms with Crippen molar-refractivity contribution in [1.82, 2.24) is 0 Å². The van der Waals surface area contributed by atoms with E-state index < -0.39 is 4.92 Å². The molecule has 1 aromatic rings. The third kappa shape index (κ3) is 4.35. The molecule has 0 atom stereocenters. The van der Waals surface area contributed by atoms with Gasteiger partial charge in [0.25, 0.3) is 5.69 Å². The predicted molar refractivity (Wildman–Crippen MR) is 68.0 cm³/mol. The number of halogens is 1. The molecule has 0 N–H and O–H groups in total. The molecule has 84 valence electrons. The number of nitro groups is 1. The normalized spacial score (nSPS) is 12.0. The maximum absolute atomic E-state index is 10.4. The molecule has 0 amide bonds. The Balaban J connectivity index is 2.59. The van der Waals surface area contributed by atoms with Crippen LogP contribution in [-0.2, 0) is 6.54 Å². The van der Waals surface area contributed by atoms with Gasteiger partial charge in [-0.15, -0.1) is 0 Å². The molecule has 0 aliphatic carbocycles. The molecule has 0 aliphatic heterocycles. The first-order valence-electron chi connectivity index (χ1n) is 4.65. The first-order valence-corrected chi connectivity index (χ1v) is 5.44. The summed E-state index contributed by atoms with van der Waals surface area (Å²) in [5.41, 5.74) is 1.05. The summed E-state index contributed by atoms with van der Waals surface area (Å²) in [7, 11) is 0. The van der Waals surface area contributed by atoms with Crippen LogP contribution < -0.4 is 0 Å². The van der Waals surface area contributed by atoms with Gasteiger partial charge < -0.3 is 0 Å². The Morgan fingerprint density at radius 3 is 2.62 bits per heavy atom. The molecule has 0 bridgehead atoms. The van der Waals surface area contributed by atoms with Crippen LogP contribution in [0.5, 0.6) is 0 Å². The number of allylic oxidation sites excluding steroid dienone is 2. The van der Waals surface area contributed by atoms with Crippen LogP contribution in [-0.4, -0.2) is 11.1 Å². The molecule has 0 fully saturated rings. The van der Waals surface area contributed by atoms with E-state index in [9.17, 15) is 10.1 Å².